The van der Waals surface area contributed by atoms with Crippen molar-refractivity contribution < 1.29 is 28.9 Å². The number of aliphatic hydroxyl groups is 1. The van der Waals surface area contributed by atoms with Crippen LogP contribution in [0.3, 0.4) is 0 Å². The zero-order valence-corrected chi connectivity index (χ0v) is 11.8. The Kier molecular flexibility index (Phi) is 10.1. The van der Waals surface area contributed by atoms with E-state index in [2.05, 4.69) is 4.74 Å². The second-order valence-electron chi connectivity index (χ2n) is 4.03. The maximum absolute atomic E-state index is 11.8. The highest BCUT2D eigenvalue weighted by molar-refractivity contribution is 5.78. The van der Waals surface area contributed by atoms with Gasteiger partial charge in [-0.3, -0.25) is 9.59 Å². The Labute approximate surface area is 113 Å². The highest BCUT2D eigenvalue weighted by atomic mass is 16.5. The van der Waals surface area contributed by atoms with Crippen molar-refractivity contribution in [3.05, 3.63) is 0 Å². The Morgan fingerprint density at radius 3 is 2.47 bits per heavy atom. The number of amides is 1. The van der Waals surface area contributed by atoms with Crippen LogP contribution in [0.4, 0.5) is 0 Å². The fourth-order valence-electron chi connectivity index (χ4n) is 1.48. The van der Waals surface area contributed by atoms with Gasteiger partial charge in [-0.15, -0.1) is 0 Å². The van der Waals surface area contributed by atoms with Crippen molar-refractivity contribution in [2.45, 2.75) is 6.92 Å². The van der Waals surface area contributed by atoms with Crippen LogP contribution in [0.1, 0.15) is 6.92 Å². The first-order valence-electron chi connectivity index (χ1n) is 6.10. The standard InChI is InChI=1S/C12H23NO6/c1-10(12(16)18-3)8-13(11(15)9-17-2)4-6-19-7-5-14/h10,14H,4-9H2,1-3H3. The quantitative estimate of drug-likeness (QED) is 0.419. The van der Waals surface area contributed by atoms with Crippen LogP contribution in [-0.2, 0) is 23.8 Å². The van der Waals surface area contributed by atoms with E-state index < -0.39 is 5.92 Å². The molecule has 0 saturated carbocycles. The van der Waals surface area contributed by atoms with Gasteiger partial charge in [-0.2, -0.15) is 0 Å². The Morgan fingerprint density at radius 1 is 1.26 bits per heavy atom. The maximum Gasteiger partial charge on any atom is 0.310 e. The summed E-state index contributed by atoms with van der Waals surface area (Å²) in [5, 5.41) is 8.59. The summed E-state index contributed by atoms with van der Waals surface area (Å²) in [6.07, 6.45) is 0. The summed E-state index contributed by atoms with van der Waals surface area (Å²) in [6.45, 7) is 2.68. The maximum atomic E-state index is 11.8. The average Bonchev–Trinajstić information content (AvgIpc) is 2.41. The zero-order chi connectivity index (χ0) is 14.7. The van der Waals surface area contributed by atoms with Crippen molar-refractivity contribution in [2.24, 2.45) is 5.92 Å². The lowest BCUT2D eigenvalue weighted by molar-refractivity contribution is -0.147. The fourth-order valence-corrected chi connectivity index (χ4v) is 1.48. The van der Waals surface area contributed by atoms with Crippen LogP contribution in [0.2, 0.25) is 0 Å². The van der Waals surface area contributed by atoms with Gasteiger partial charge in [0.1, 0.15) is 6.61 Å². The van der Waals surface area contributed by atoms with Crippen LogP contribution in [0, 0.1) is 5.92 Å². The van der Waals surface area contributed by atoms with Gasteiger partial charge in [0.05, 0.1) is 32.8 Å². The number of ether oxygens (including phenoxy) is 3. The summed E-state index contributed by atoms with van der Waals surface area (Å²) in [4.78, 5) is 24.6. The van der Waals surface area contributed by atoms with Gasteiger partial charge in [0, 0.05) is 20.2 Å². The van der Waals surface area contributed by atoms with Gasteiger partial charge in [0.15, 0.2) is 0 Å². The summed E-state index contributed by atoms with van der Waals surface area (Å²) in [7, 11) is 2.74. The number of carbonyl (C=O) groups is 2. The molecule has 0 aliphatic rings. The third kappa shape index (κ3) is 7.76. The van der Waals surface area contributed by atoms with Crippen molar-refractivity contribution in [1.82, 2.24) is 4.90 Å². The fraction of sp³-hybridized carbons (Fsp3) is 0.833. The van der Waals surface area contributed by atoms with E-state index in [0.717, 1.165) is 0 Å². The van der Waals surface area contributed by atoms with Crippen molar-refractivity contribution in [1.29, 1.82) is 0 Å². The van der Waals surface area contributed by atoms with E-state index in [1.54, 1.807) is 6.92 Å². The first-order valence-corrected chi connectivity index (χ1v) is 6.10. The molecule has 0 aliphatic heterocycles. The highest BCUT2D eigenvalue weighted by Gasteiger charge is 2.21. The average molecular weight is 277 g/mol. The number of methoxy groups -OCH3 is 2. The molecule has 0 saturated heterocycles. The molecule has 1 unspecified atom stereocenters. The van der Waals surface area contributed by atoms with Gasteiger partial charge < -0.3 is 24.2 Å². The molecule has 0 aliphatic carbocycles. The normalized spacial score (nSPS) is 12.0. The number of hydrogen-bond donors (Lipinski definition) is 1. The molecule has 0 radical (unpaired) electrons. The van der Waals surface area contributed by atoms with Gasteiger partial charge in [0.2, 0.25) is 5.91 Å². The molecule has 0 aromatic rings. The molecule has 1 atom stereocenters. The molecule has 1 N–H and O–H groups in total. The summed E-state index contributed by atoms with van der Waals surface area (Å²) in [5.74, 6) is -0.999. The molecule has 0 aromatic heterocycles. The third-order valence-corrected chi connectivity index (χ3v) is 2.46. The molecular weight excluding hydrogens is 254 g/mol. The van der Waals surface area contributed by atoms with Crippen molar-refractivity contribution in [3.63, 3.8) is 0 Å². The third-order valence-electron chi connectivity index (χ3n) is 2.46. The lowest BCUT2D eigenvalue weighted by atomic mass is 10.1. The van der Waals surface area contributed by atoms with E-state index in [1.807, 2.05) is 0 Å². The molecule has 0 heterocycles. The molecule has 19 heavy (non-hydrogen) atoms. The second-order valence-corrected chi connectivity index (χ2v) is 4.03. The molecule has 0 rings (SSSR count). The summed E-state index contributed by atoms with van der Waals surface area (Å²) >= 11 is 0. The molecule has 0 aromatic carbocycles. The van der Waals surface area contributed by atoms with Gasteiger partial charge in [-0.05, 0) is 0 Å². The minimum atomic E-state index is -0.413. The van der Waals surface area contributed by atoms with Crippen LogP contribution in [0.25, 0.3) is 0 Å². The first kappa shape index (κ1) is 17.8. The topological polar surface area (TPSA) is 85.3 Å². The summed E-state index contributed by atoms with van der Waals surface area (Å²) < 4.78 is 14.5. The van der Waals surface area contributed by atoms with E-state index in [4.69, 9.17) is 14.6 Å². The molecule has 7 heteroatoms. The predicted octanol–water partition coefficient (Wildman–Crippen LogP) is -0.721. The van der Waals surface area contributed by atoms with Crippen LogP contribution in [0.15, 0.2) is 0 Å². The lowest BCUT2D eigenvalue weighted by Gasteiger charge is -2.24. The van der Waals surface area contributed by atoms with Crippen molar-refractivity contribution in [3.8, 4) is 0 Å². The number of hydrogen-bond acceptors (Lipinski definition) is 6. The highest BCUT2D eigenvalue weighted by Crippen LogP contribution is 2.03. The minimum Gasteiger partial charge on any atom is -0.469 e. The molecular formula is C12H23NO6. The van der Waals surface area contributed by atoms with Crippen molar-refractivity contribution >= 4 is 11.9 Å². The van der Waals surface area contributed by atoms with E-state index in [9.17, 15) is 9.59 Å². The van der Waals surface area contributed by atoms with Crippen LogP contribution < -0.4 is 0 Å². The molecule has 0 fully saturated rings. The largest absolute Gasteiger partial charge is 0.469 e. The molecule has 112 valence electrons. The number of nitrogens with zero attached hydrogens (tertiary/aromatic N) is 1. The van der Waals surface area contributed by atoms with Crippen LogP contribution in [0.5, 0.6) is 0 Å². The minimum absolute atomic E-state index is 0.0477. The van der Waals surface area contributed by atoms with E-state index in [-0.39, 0.29) is 38.2 Å². The van der Waals surface area contributed by atoms with Gasteiger partial charge in [-0.1, -0.05) is 6.92 Å². The number of carbonyl (C=O) groups excluding carboxylic acids is 2. The van der Waals surface area contributed by atoms with Crippen LogP contribution in [-0.4, -0.2) is 75.6 Å². The van der Waals surface area contributed by atoms with Gasteiger partial charge >= 0.3 is 5.97 Å². The number of rotatable bonds is 10. The summed E-state index contributed by atoms with van der Waals surface area (Å²) in [6, 6.07) is 0. The SMILES string of the molecule is COCC(=O)N(CCOCCO)CC(C)C(=O)OC. The molecule has 1 amide bonds. The zero-order valence-electron chi connectivity index (χ0n) is 11.8. The smallest absolute Gasteiger partial charge is 0.310 e. The molecule has 0 bridgehead atoms. The first-order chi connectivity index (χ1) is 9.06. The Morgan fingerprint density at radius 2 is 1.95 bits per heavy atom. The Balaban J connectivity index is 4.32. The van der Waals surface area contributed by atoms with Crippen LogP contribution >= 0.6 is 0 Å². The van der Waals surface area contributed by atoms with E-state index in [0.29, 0.717) is 13.2 Å². The second kappa shape index (κ2) is 10.7. The van der Waals surface area contributed by atoms with E-state index >= 15 is 0 Å². The number of esters is 1. The number of aliphatic hydroxyl groups excluding tert-OH is 1. The van der Waals surface area contributed by atoms with E-state index in [1.165, 1.54) is 19.1 Å². The van der Waals surface area contributed by atoms with Gasteiger partial charge in [-0.25, -0.2) is 0 Å². The lowest BCUT2D eigenvalue weighted by Crippen LogP contribution is -2.41. The molecule has 0 spiro atoms. The van der Waals surface area contributed by atoms with Crippen molar-refractivity contribution in [2.75, 3.05) is 53.7 Å². The summed E-state index contributed by atoms with van der Waals surface area (Å²) in [5.41, 5.74) is 0. The monoisotopic (exact) mass is 277 g/mol. The molecule has 7 nitrogen and oxygen atoms in total. The predicted molar refractivity (Wildman–Crippen MR) is 67.5 cm³/mol. The van der Waals surface area contributed by atoms with Gasteiger partial charge in [0.25, 0.3) is 0 Å². The Bertz CT molecular complexity index is 271. The Hall–Kier alpha value is -1.18.